The van der Waals surface area contributed by atoms with Crippen LogP contribution in [0.3, 0.4) is 0 Å². The van der Waals surface area contributed by atoms with E-state index < -0.39 is 0 Å². The summed E-state index contributed by atoms with van der Waals surface area (Å²) in [4.78, 5) is 26.0. The summed E-state index contributed by atoms with van der Waals surface area (Å²) in [6.07, 6.45) is 8.05. The number of rotatable bonds is 8. The predicted octanol–water partition coefficient (Wildman–Crippen LogP) is 3.23. The van der Waals surface area contributed by atoms with Crippen LogP contribution in [0.2, 0.25) is 0 Å². The molecule has 2 fully saturated rings. The second kappa shape index (κ2) is 9.79. The summed E-state index contributed by atoms with van der Waals surface area (Å²) in [5, 5.41) is 7.42. The smallest absolute Gasteiger partial charge is 0.229 e. The highest BCUT2D eigenvalue weighted by Crippen LogP contribution is 2.26. The van der Waals surface area contributed by atoms with Gasteiger partial charge in [0.25, 0.3) is 0 Å². The second-order valence-corrected chi connectivity index (χ2v) is 9.22. The molecule has 3 heterocycles. The molecule has 2 aliphatic rings. The Morgan fingerprint density at radius 3 is 2.61 bits per heavy atom. The van der Waals surface area contributed by atoms with Crippen molar-refractivity contribution in [3.8, 4) is 0 Å². The van der Waals surface area contributed by atoms with Crippen LogP contribution < -0.4 is 15.5 Å². The Kier molecular flexibility index (Phi) is 6.44. The molecule has 8 nitrogen and oxygen atoms in total. The summed E-state index contributed by atoms with van der Waals surface area (Å²) in [5.74, 6) is 1.05. The van der Waals surface area contributed by atoms with Gasteiger partial charge in [-0.05, 0) is 56.6 Å². The zero-order valence-electron chi connectivity index (χ0n) is 19.3. The fourth-order valence-electron chi connectivity index (χ4n) is 4.44. The molecule has 0 bridgehead atoms. The lowest BCUT2D eigenvalue weighted by atomic mass is 9.85. The van der Waals surface area contributed by atoms with Crippen molar-refractivity contribution in [3.05, 3.63) is 42.7 Å². The van der Waals surface area contributed by atoms with Crippen molar-refractivity contribution in [1.29, 1.82) is 0 Å². The topological polar surface area (TPSA) is 78.3 Å². The molecule has 1 aliphatic heterocycles. The van der Waals surface area contributed by atoms with Crippen LogP contribution >= 0.6 is 0 Å². The number of aromatic nitrogens is 3. The van der Waals surface area contributed by atoms with E-state index in [4.69, 9.17) is 4.98 Å². The lowest BCUT2D eigenvalue weighted by molar-refractivity contribution is -0.127. The Bertz CT molecular complexity index is 1080. The maximum absolute atomic E-state index is 12.0. The van der Waals surface area contributed by atoms with Crippen molar-refractivity contribution >= 4 is 34.3 Å². The first-order chi connectivity index (χ1) is 16.2. The number of aryl methyl sites for hydroxylation is 1. The van der Waals surface area contributed by atoms with Gasteiger partial charge in [-0.3, -0.25) is 4.79 Å². The van der Waals surface area contributed by atoms with Crippen LogP contribution in [-0.4, -0.2) is 65.1 Å². The molecule has 0 spiro atoms. The van der Waals surface area contributed by atoms with Gasteiger partial charge in [-0.2, -0.15) is 4.98 Å². The number of nitrogens with zero attached hydrogens (tertiary/aromatic N) is 5. The van der Waals surface area contributed by atoms with E-state index in [9.17, 15) is 4.79 Å². The van der Waals surface area contributed by atoms with E-state index in [1.54, 1.807) is 0 Å². The minimum Gasteiger partial charge on any atom is -0.369 e. The third kappa shape index (κ3) is 5.11. The van der Waals surface area contributed by atoms with Crippen molar-refractivity contribution in [2.75, 3.05) is 50.0 Å². The fourth-order valence-corrected chi connectivity index (χ4v) is 4.44. The van der Waals surface area contributed by atoms with Crippen LogP contribution in [0, 0.1) is 5.92 Å². The number of carbonyl (C=O) groups is 1. The molecule has 1 aliphatic carbocycles. The first-order valence-electron chi connectivity index (χ1n) is 12.1. The Morgan fingerprint density at radius 1 is 1.09 bits per heavy atom. The van der Waals surface area contributed by atoms with Crippen molar-refractivity contribution in [2.45, 2.75) is 32.2 Å². The van der Waals surface area contributed by atoms with Crippen LogP contribution in [0.4, 0.5) is 17.3 Å². The average Bonchev–Trinajstić information content (AvgIpc) is 3.19. The molecule has 8 heteroatoms. The number of benzene rings is 1. The highest BCUT2D eigenvalue weighted by Gasteiger charge is 2.24. The maximum atomic E-state index is 12.0. The van der Waals surface area contributed by atoms with E-state index in [0.717, 1.165) is 68.7 Å². The molecule has 0 unspecified atom stereocenters. The molecule has 5 rings (SSSR count). The number of hydrogen-bond acceptors (Lipinski definition) is 6. The van der Waals surface area contributed by atoms with E-state index in [1.807, 2.05) is 18.5 Å². The summed E-state index contributed by atoms with van der Waals surface area (Å²) >= 11 is 0. The van der Waals surface area contributed by atoms with Crippen LogP contribution in [0.5, 0.6) is 0 Å². The van der Waals surface area contributed by atoms with Crippen LogP contribution in [0.15, 0.2) is 42.7 Å². The molecule has 1 saturated carbocycles. The molecule has 33 heavy (non-hydrogen) atoms. The molecule has 1 aromatic carbocycles. The van der Waals surface area contributed by atoms with Gasteiger partial charge in [-0.1, -0.05) is 6.42 Å². The third-order valence-electron chi connectivity index (χ3n) is 6.84. The Balaban J connectivity index is 1.18. The summed E-state index contributed by atoms with van der Waals surface area (Å²) in [7, 11) is 2.17. The highest BCUT2D eigenvalue weighted by molar-refractivity contribution is 5.79. The van der Waals surface area contributed by atoms with E-state index in [1.165, 1.54) is 12.1 Å². The summed E-state index contributed by atoms with van der Waals surface area (Å²) in [6.45, 7) is 5.82. The number of likely N-dealkylation sites (N-methyl/N-ethyl adjacent to an activating group) is 1. The second-order valence-electron chi connectivity index (χ2n) is 9.22. The number of amides is 1. The zero-order chi connectivity index (χ0) is 22.6. The molecule has 0 atom stereocenters. The summed E-state index contributed by atoms with van der Waals surface area (Å²) in [6, 6.07) is 10.5. The molecule has 2 aromatic heterocycles. The van der Waals surface area contributed by atoms with Crippen LogP contribution in [0.25, 0.3) is 11.0 Å². The number of nitrogens with one attached hydrogen (secondary N) is 2. The van der Waals surface area contributed by atoms with E-state index in [2.05, 4.69) is 61.3 Å². The molecule has 174 valence electrons. The third-order valence-corrected chi connectivity index (χ3v) is 6.84. The predicted molar refractivity (Wildman–Crippen MR) is 132 cm³/mol. The molecule has 0 radical (unpaired) electrons. The largest absolute Gasteiger partial charge is 0.369 e. The SMILES string of the molecule is CN1CCN(c2ccc(Nc3ncc4ccn(CCCNC(=O)C5CCC5)c4n3)cc2)CC1. The lowest BCUT2D eigenvalue weighted by Crippen LogP contribution is -2.44. The van der Waals surface area contributed by atoms with Gasteiger partial charge in [0, 0.05) is 74.3 Å². The number of anilines is 3. The number of hydrogen-bond donors (Lipinski definition) is 2. The van der Waals surface area contributed by atoms with Crippen molar-refractivity contribution in [2.24, 2.45) is 5.92 Å². The van der Waals surface area contributed by atoms with E-state index in [-0.39, 0.29) is 11.8 Å². The normalized spacial score (nSPS) is 17.2. The van der Waals surface area contributed by atoms with Crippen molar-refractivity contribution in [1.82, 2.24) is 24.8 Å². The minimum absolute atomic E-state index is 0.214. The van der Waals surface area contributed by atoms with Crippen LogP contribution in [0.1, 0.15) is 25.7 Å². The number of piperazine rings is 1. The van der Waals surface area contributed by atoms with Gasteiger partial charge in [0.1, 0.15) is 5.65 Å². The van der Waals surface area contributed by atoms with E-state index >= 15 is 0 Å². The van der Waals surface area contributed by atoms with Gasteiger partial charge in [0.05, 0.1) is 0 Å². The molecular formula is C25H33N7O. The molecular weight excluding hydrogens is 414 g/mol. The summed E-state index contributed by atoms with van der Waals surface area (Å²) < 4.78 is 2.13. The van der Waals surface area contributed by atoms with Gasteiger partial charge in [-0.25, -0.2) is 4.98 Å². The van der Waals surface area contributed by atoms with Crippen molar-refractivity contribution in [3.63, 3.8) is 0 Å². The number of fused-ring (bicyclic) bond motifs is 1. The molecule has 2 N–H and O–H groups in total. The van der Waals surface area contributed by atoms with Gasteiger partial charge in [-0.15, -0.1) is 0 Å². The standard InChI is InChI=1S/C25H33N7O/c1-30-14-16-31(17-15-30)22-8-6-21(7-9-22)28-25-27-18-20-10-13-32(23(20)29-25)12-3-11-26-24(33)19-4-2-5-19/h6-10,13,18-19H,2-5,11-12,14-17H2,1H3,(H,26,33)(H,27,28,29). The van der Waals surface area contributed by atoms with Gasteiger partial charge >= 0.3 is 0 Å². The minimum atomic E-state index is 0.214. The Labute approximate surface area is 195 Å². The first-order valence-corrected chi connectivity index (χ1v) is 12.1. The fraction of sp³-hybridized carbons (Fsp3) is 0.480. The highest BCUT2D eigenvalue weighted by atomic mass is 16.1. The average molecular weight is 448 g/mol. The Hall–Kier alpha value is -3.13. The van der Waals surface area contributed by atoms with Crippen molar-refractivity contribution < 1.29 is 4.79 Å². The van der Waals surface area contributed by atoms with Gasteiger partial charge < -0.3 is 25.0 Å². The molecule has 1 amide bonds. The van der Waals surface area contributed by atoms with Crippen LogP contribution in [-0.2, 0) is 11.3 Å². The monoisotopic (exact) mass is 447 g/mol. The maximum Gasteiger partial charge on any atom is 0.229 e. The first kappa shape index (κ1) is 21.7. The molecule has 3 aromatic rings. The zero-order valence-corrected chi connectivity index (χ0v) is 19.3. The Morgan fingerprint density at radius 2 is 1.88 bits per heavy atom. The molecule has 1 saturated heterocycles. The van der Waals surface area contributed by atoms with E-state index in [0.29, 0.717) is 12.5 Å². The van der Waals surface area contributed by atoms with Gasteiger partial charge in [0.2, 0.25) is 11.9 Å². The number of carbonyl (C=O) groups excluding carboxylic acids is 1. The van der Waals surface area contributed by atoms with Gasteiger partial charge in [0.15, 0.2) is 0 Å². The lowest BCUT2D eigenvalue weighted by Gasteiger charge is -2.34. The quantitative estimate of drug-likeness (QED) is 0.516. The summed E-state index contributed by atoms with van der Waals surface area (Å²) in [5.41, 5.74) is 3.14.